The maximum absolute atomic E-state index is 12.3. The van der Waals surface area contributed by atoms with Crippen LogP contribution in [0, 0.1) is 0 Å². The van der Waals surface area contributed by atoms with Crippen molar-refractivity contribution < 1.29 is 24.2 Å². The number of anilines is 2. The number of nitrogens with zero attached hydrogens (tertiary/aromatic N) is 5. The fourth-order valence-electron chi connectivity index (χ4n) is 3.26. The van der Waals surface area contributed by atoms with Gasteiger partial charge in [-0.15, -0.1) is 0 Å². The lowest BCUT2D eigenvalue weighted by Crippen LogP contribution is -2.38. The van der Waals surface area contributed by atoms with Crippen LogP contribution in [-0.4, -0.2) is 90.5 Å². The Morgan fingerprint density at radius 3 is 2.61 bits per heavy atom. The molecule has 2 amide bonds. The van der Waals surface area contributed by atoms with Gasteiger partial charge in [-0.05, 0) is 23.8 Å². The van der Waals surface area contributed by atoms with E-state index in [9.17, 15) is 9.59 Å². The zero-order valence-electron chi connectivity index (χ0n) is 19.1. The molecule has 1 aliphatic heterocycles. The molecule has 0 radical (unpaired) electrons. The van der Waals surface area contributed by atoms with Gasteiger partial charge in [0.15, 0.2) is 0 Å². The van der Waals surface area contributed by atoms with Crippen LogP contribution in [0.25, 0.3) is 0 Å². The molecule has 3 rings (SSSR count). The number of nitrogens with one attached hydrogen (secondary N) is 1. The van der Waals surface area contributed by atoms with Crippen LogP contribution in [-0.2, 0) is 11.3 Å². The quantitative estimate of drug-likeness (QED) is 0.583. The molecule has 11 heteroatoms. The maximum atomic E-state index is 12.3. The minimum atomic E-state index is -1.04. The largest absolute Gasteiger partial charge is 0.497 e. The number of carboxylic acid groups (broad SMARTS) is 1. The van der Waals surface area contributed by atoms with Crippen molar-refractivity contribution in [3.05, 3.63) is 42.1 Å². The number of hydrogen-bond donors (Lipinski definition) is 2. The van der Waals surface area contributed by atoms with E-state index in [4.69, 9.17) is 14.6 Å². The molecule has 11 nitrogen and oxygen atoms in total. The van der Waals surface area contributed by atoms with Gasteiger partial charge in [0.25, 0.3) is 0 Å². The Bertz CT molecular complexity index is 941. The zero-order valence-corrected chi connectivity index (χ0v) is 19.1. The Balaban J connectivity index is 1.48. The van der Waals surface area contributed by atoms with Crippen molar-refractivity contribution in [3.8, 4) is 5.75 Å². The lowest BCUT2D eigenvalue weighted by molar-refractivity contribution is 0.0751. The van der Waals surface area contributed by atoms with Gasteiger partial charge in [0.2, 0.25) is 5.95 Å². The Morgan fingerprint density at radius 1 is 1.18 bits per heavy atom. The molecule has 1 atom stereocenters. The molecule has 1 aliphatic rings. The first-order valence-electron chi connectivity index (χ1n) is 10.7. The third-order valence-corrected chi connectivity index (χ3v) is 5.38. The van der Waals surface area contributed by atoms with Gasteiger partial charge in [0.1, 0.15) is 17.7 Å². The Morgan fingerprint density at radius 2 is 1.91 bits per heavy atom. The Labute approximate surface area is 192 Å². The number of hydrogen-bond acceptors (Lipinski definition) is 8. The van der Waals surface area contributed by atoms with Crippen molar-refractivity contribution >= 4 is 24.0 Å². The van der Waals surface area contributed by atoms with Crippen LogP contribution in [0.2, 0.25) is 0 Å². The Hall–Kier alpha value is -3.76. The van der Waals surface area contributed by atoms with Crippen molar-refractivity contribution in [2.45, 2.75) is 19.1 Å². The number of ether oxygens (including phenoxy) is 2. The van der Waals surface area contributed by atoms with Crippen LogP contribution in [0.1, 0.15) is 12.0 Å². The summed E-state index contributed by atoms with van der Waals surface area (Å²) >= 11 is 0. The predicted molar refractivity (Wildman–Crippen MR) is 123 cm³/mol. The van der Waals surface area contributed by atoms with Crippen LogP contribution < -0.4 is 15.0 Å². The molecule has 1 aromatic heterocycles. The van der Waals surface area contributed by atoms with Gasteiger partial charge in [-0.25, -0.2) is 14.6 Å². The van der Waals surface area contributed by atoms with Crippen LogP contribution >= 0.6 is 0 Å². The molecule has 178 valence electrons. The van der Waals surface area contributed by atoms with Gasteiger partial charge in [-0.3, -0.25) is 0 Å². The zero-order chi connectivity index (χ0) is 23.8. The topological polar surface area (TPSA) is 120 Å². The van der Waals surface area contributed by atoms with Gasteiger partial charge in [-0.1, -0.05) is 12.1 Å². The second-order valence-corrected chi connectivity index (χ2v) is 7.81. The normalized spacial score (nSPS) is 15.1. The molecular formula is C22H30N6O5. The van der Waals surface area contributed by atoms with E-state index < -0.39 is 12.2 Å². The van der Waals surface area contributed by atoms with E-state index in [0.717, 1.165) is 16.2 Å². The average molecular weight is 459 g/mol. The third kappa shape index (κ3) is 6.86. The molecule has 1 saturated heterocycles. The van der Waals surface area contributed by atoms with Gasteiger partial charge in [-0.2, -0.15) is 4.98 Å². The molecule has 0 spiro atoms. The van der Waals surface area contributed by atoms with Gasteiger partial charge < -0.3 is 34.6 Å². The number of carbonyl (C=O) groups is 2. The van der Waals surface area contributed by atoms with E-state index in [0.29, 0.717) is 37.8 Å². The molecule has 2 N–H and O–H groups in total. The monoisotopic (exact) mass is 458 g/mol. The van der Waals surface area contributed by atoms with Crippen LogP contribution in [0.15, 0.2) is 36.5 Å². The summed E-state index contributed by atoms with van der Waals surface area (Å²) in [7, 11) is 4.68. The van der Waals surface area contributed by atoms with E-state index in [2.05, 4.69) is 15.3 Å². The third-order valence-electron chi connectivity index (χ3n) is 5.38. The first-order chi connectivity index (χ1) is 15.9. The Kier molecular flexibility index (Phi) is 8.11. The molecule has 1 fully saturated rings. The molecule has 0 aliphatic carbocycles. The number of rotatable bonds is 9. The highest BCUT2D eigenvalue weighted by Gasteiger charge is 2.28. The molecule has 2 aromatic rings. The van der Waals surface area contributed by atoms with Crippen LogP contribution in [0.5, 0.6) is 5.75 Å². The number of aromatic nitrogens is 2. The minimum Gasteiger partial charge on any atom is -0.497 e. The van der Waals surface area contributed by atoms with E-state index in [1.807, 2.05) is 35.2 Å². The second kappa shape index (κ2) is 11.2. The minimum absolute atomic E-state index is 0.210. The van der Waals surface area contributed by atoms with E-state index >= 15 is 0 Å². The van der Waals surface area contributed by atoms with Crippen molar-refractivity contribution in [2.75, 3.05) is 57.6 Å². The summed E-state index contributed by atoms with van der Waals surface area (Å²) in [5.74, 6) is 2.09. The first kappa shape index (κ1) is 23.9. The number of likely N-dealkylation sites (N-methyl/N-ethyl adjacent to an activating group) is 2. The number of benzene rings is 1. The van der Waals surface area contributed by atoms with E-state index in [1.54, 1.807) is 20.4 Å². The van der Waals surface area contributed by atoms with Crippen molar-refractivity contribution in [1.82, 2.24) is 19.8 Å². The summed E-state index contributed by atoms with van der Waals surface area (Å²) in [6.07, 6.45) is 0.573. The average Bonchev–Trinajstić information content (AvgIpc) is 3.29. The SMILES string of the molecule is COc1ccc(CNc2ccnc(N3CCC(OC(=O)N(C)CCN(C)C(=O)O)C3)n2)cc1. The van der Waals surface area contributed by atoms with Crippen molar-refractivity contribution in [3.63, 3.8) is 0 Å². The molecule has 33 heavy (non-hydrogen) atoms. The van der Waals surface area contributed by atoms with E-state index in [-0.39, 0.29) is 19.2 Å². The summed E-state index contributed by atoms with van der Waals surface area (Å²) in [6, 6.07) is 9.61. The highest BCUT2D eigenvalue weighted by Crippen LogP contribution is 2.20. The van der Waals surface area contributed by atoms with Gasteiger partial charge in [0.05, 0.1) is 13.7 Å². The number of methoxy groups -OCH3 is 1. The number of carbonyl (C=O) groups excluding carboxylic acids is 1. The summed E-state index contributed by atoms with van der Waals surface area (Å²) in [5.41, 5.74) is 1.10. The standard InChI is InChI=1S/C22H30N6O5/c1-26(21(29)30)12-13-27(2)22(31)33-18-9-11-28(15-18)20-23-10-8-19(25-20)24-14-16-4-6-17(32-3)7-5-16/h4-8,10,18H,9,11-15H2,1-3H3,(H,29,30)(H,23,24,25). The van der Waals surface area contributed by atoms with Crippen molar-refractivity contribution in [2.24, 2.45) is 0 Å². The van der Waals surface area contributed by atoms with Crippen LogP contribution in [0.3, 0.4) is 0 Å². The highest BCUT2D eigenvalue weighted by atomic mass is 16.6. The summed E-state index contributed by atoms with van der Waals surface area (Å²) in [6.45, 7) is 2.25. The van der Waals surface area contributed by atoms with Crippen molar-refractivity contribution in [1.29, 1.82) is 0 Å². The van der Waals surface area contributed by atoms with Gasteiger partial charge in [0, 0.05) is 52.9 Å². The maximum Gasteiger partial charge on any atom is 0.409 e. The molecule has 0 bridgehead atoms. The fraction of sp³-hybridized carbons (Fsp3) is 0.455. The molecule has 1 unspecified atom stereocenters. The predicted octanol–water partition coefficient (Wildman–Crippen LogP) is 2.35. The lowest BCUT2D eigenvalue weighted by Gasteiger charge is -2.22. The molecule has 2 heterocycles. The molecule has 1 aromatic carbocycles. The van der Waals surface area contributed by atoms with E-state index in [1.165, 1.54) is 11.9 Å². The number of amides is 2. The summed E-state index contributed by atoms with van der Waals surface area (Å²) in [5, 5.41) is 12.2. The molecule has 0 saturated carbocycles. The lowest BCUT2D eigenvalue weighted by atomic mass is 10.2. The molecular weight excluding hydrogens is 428 g/mol. The summed E-state index contributed by atoms with van der Waals surface area (Å²) < 4.78 is 10.7. The first-order valence-corrected chi connectivity index (χ1v) is 10.7. The smallest absolute Gasteiger partial charge is 0.409 e. The fourth-order valence-corrected chi connectivity index (χ4v) is 3.26. The summed E-state index contributed by atoms with van der Waals surface area (Å²) in [4.78, 5) is 36.6. The highest BCUT2D eigenvalue weighted by molar-refractivity contribution is 5.68. The van der Waals surface area contributed by atoms with Gasteiger partial charge >= 0.3 is 12.2 Å². The second-order valence-electron chi connectivity index (χ2n) is 7.81. The van der Waals surface area contributed by atoms with Crippen LogP contribution in [0.4, 0.5) is 21.4 Å².